The lowest BCUT2D eigenvalue weighted by molar-refractivity contribution is -0.384. The number of carbonyl (C=O) groups excluding carboxylic acids is 1. The van der Waals surface area contributed by atoms with Crippen LogP contribution in [-0.2, 0) is 0 Å². The normalized spacial score (nSPS) is 10.2. The number of benzene rings is 1. The molecule has 21 heavy (non-hydrogen) atoms. The highest BCUT2D eigenvalue weighted by molar-refractivity contribution is 6.38. The van der Waals surface area contributed by atoms with Crippen LogP contribution in [0.25, 0.3) is 0 Å². The molecule has 0 saturated heterocycles. The lowest BCUT2D eigenvalue weighted by Crippen LogP contribution is -2.14. The van der Waals surface area contributed by atoms with Crippen molar-refractivity contribution in [1.82, 2.24) is 9.97 Å². The van der Waals surface area contributed by atoms with Crippen LogP contribution in [-0.4, -0.2) is 20.8 Å². The fraction of sp³-hybridized carbons (Fsp3) is 0.0833. The summed E-state index contributed by atoms with van der Waals surface area (Å²) in [4.78, 5) is 29.8. The van der Waals surface area contributed by atoms with Gasteiger partial charge >= 0.3 is 0 Å². The van der Waals surface area contributed by atoms with E-state index in [1.807, 2.05) is 0 Å². The molecule has 1 heterocycles. The Morgan fingerprint density at radius 3 is 2.43 bits per heavy atom. The van der Waals surface area contributed by atoms with Gasteiger partial charge in [-0.05, 0) is 18.6 Å². The molecule has 0 bridgehead atoms. The van der Waals surface area contributed by atoms with Crippen molar-refractivity contribution in [3.05, 3.63) is 56.1 Å². The fourth-order valence-electron chi connectivity index (χ4n) is 1.63. The molecule has 1 N–H and O–H groups in total. The number of halogens is 2. The van der Waals surface area contributed by atoms with Gasteiger partial charge in [0.05, 0.1) is 4.92 Å². The van der Waals surface area contributed by atoms with E-state index >= 15 is 0 Å². The second kappa shape index (κ2) is 6.02. The third-order valence-electron chi connectivity index (χ3n) is 2.53. The topological polar surface area (TPSA) is 98.0 Å². The molecule has 0 unspecified atom stereocenters. The molecule has 0 aliphatic rings. The molecular weight excluding hydrogens is 319 g/mol. The van der Waals surface area contributed by atoms with E-state index in [1.54, 1.807) is 6.92 Å². The van der Waals surface area contributed by atoms with Gasteiger partial charge in [-0.3, -0.25) is 14.9 Å². The number of nitrogens with one attached hydrogen (secondary N) is 1. The predicted octanol–water partition coefficient (Wildman–Crippen LogP) is 3.25. The van der Waals surface area contributed by atoms with Gasteiger partial charge in [0.1, 0.15) is 12.0 Å². The molecule has 1 aromatic heterocycles. The first kappa shape index (κ1) is 15.1. The Bertz CT molecular complexity index is 716. The van der Waals surface area contributed by atoms with E-state index in [1.165, 1.54) is 12.1 Å². The smallest absolute Gasteiger partial charge is 0.270 e. The zero-order chi connectivity index (χ0) is 15.6. The van der Waals surface area contributed by atoms with Gasteiger partial charge in [-0.2, -0.15) is 0 Å². The maximum absolute atomic E-state index is 12.1. The average molecular weight is 327 g/mol. The Labute approximate surface area is 129 Å². The van der Waals surface area contributed by atoms with E-state index in [0.717, 1.165) is 12.4 Å². The molecule has 0 fully saturated rings. The molecule has 0 spiro atoms. The second-order valence-corrected chi connectivity index (χ2v) is 4.81. The summed E-state index contributed by atoms with van der Waals surface area (Å²) in [6.45, 7) is 1.65. The maximum atomic E-state index is 12.1. The Morgan fingerprint density at radius 2 is 1.86 bits per heavy atom. The number of aromatic nitrogens is 2. The minimum atomic E-state index is -0.597. The Balaban J connectivity index is 2.35. The zero-order valence-electron chi connectivity index (χ0n) is 10.6. The van der Waals surface area contributed by atoms with Crippen molar-refractivity contribution in [3.8, 4) is 0 Å². The van der Waals surface area contributed by atoms with Crippen LogP contribution < -0.4 is 5.32 Å². The van der Waals surface area contributed by atoms with Gasteiger partial charge in [0.2, 0.25) is 0 Å². The number of nitrogens with zero attached hydrogens (tertiary/aromatic N) is 3. The highest BCUT2D eigenvalue weighted by atomic mass is 35.5. The van der Waals surface area contributed by atoms with Crippen LogP contribution in [0.4, 0.5) is 11.4 Å². The molecule has 2 rings (SSSR count). The summed E-state index contributed by atoms with van der Waals surface area (Å²) < 4.78 is 0. The van der Waals surface area contributed by atoms with E-state index in [9.17, 15) is 14.9 Å². The molecule has 1 amide bonds. The quantitative estimate of drug-likeness (QED) is 0.530. The predicted molar refractivity (Wildman–Crippen MR) is 77.8 cm³/mol. The van der Waals surface area contributed by atoms with E-state index in [-0.39, 0.29) is 27.2 Å². The van der Waals surface area contributed by atoms with Gasteiger partial charge in [-0.25, -0.2) is 9.97 Å². The molecule has 0 aliphatic carbocycles. The van der Waals surface area contributed by atoms with E-state index < -0.39 is 10.8 Å². The highest BCUT2D eigenvalue weighted by Crippen LogP contribution is 2.26. The molecule has 7 nitrogen and oxygen atoms in total. The molecule has 0 radical (unpaired) electrons. The van der Waals surface area contributed by atoms with Crippen LogP contribution in [0.2, 0.25) is 10.3 Å². The Hall–Kier alpha value is -2.25. The van der Waals surface area contributed by atoms with Crippen molar-refractivity contribution in [1.29, 1.82) is 0 Å². The lowest BCUT2D eigenvalue weighted by Gasteiger charge is -2.08. The van der Waals surface area contributed by atoms with Gasteiger partial charge in [0.25, 0.3) is 11.6 Å². The number of aryl methyl sites for hydroxylation is 1. The number of non-ortho nitro benzene ring substituents is 1. The monoisotopic (exact) mass is 326 g/mol. The van der Waals surface area contributed by atoms with Crippen LogP contribution in [0.5, 0.6) is 0 Å². The summed E-state index contributed by atoms with van der Waals surface area (Å²) in [7, 11) is 0. The molecule has 0 aliphatic heterocycles. The molecule has 1 aromatic carbocycles. The summed E-state index contributed by atoms with van der Waals surface area (Å²) >= 11 is 11.6. The number of hydrogen-bond donors (Lipinski definition) is 1. The van der Waals surface area contributed by atoms with E-state index in [0.29, 0.717) is 5.56 Å². The second-order valence-electron chi connectivity index (χ2n) is 4.10. The van der Waals surface area contributed by atoms with Gasteiger partial charge < -0.3 is 5.32 Å². The summed E-state index contributed by atoms with van der Waals surface area (Å²) in [5.41, 5.74) is 0.560. The van der Waals surface area contributed by atoms with Crippen molar-refractivity contribution >= 4 is 40.5 Å². The SMILES string of the molecule is Cc1cc(C(=O)Nc2c(Cl)ncnc2Cl)cc([N+](=O)[O-])c1. The van der Waals surface area contributed by atoms with Crippen LogP contribution in [0, 0.1) is 17.0 Å². The van der Waals surface area contributed by atoms with Gasteiger partial charge in [-0.15, -0.1) is 0 Å². The maximum Gasteiger partial charge on any atom is 0.270 e. The zero-order valence-corrected chi connectivity index (χ0v) is 12.1. The minimum Gasteiger partial charge on any atom is -0.317 e. The molecule has 0 atom stereocenters. The van der Waals surface area contributed by atoms with Crippen molar-refractivity contribution in [2.75, 3.05) is 5.32 Å². The van der Waals surface area contributed by atoms with Crippen molar-refractivity contribution in [2.24, 2.45) is 0 Å². The van der Waals surface area contributed by atoms with Crippen LogP contribution >= 0.6 is 23.2 Å². The molecule has 2 aromatic rings. The first-order valence-corrected chi connectivity index (χ1v) is 6.37. The Kier molecular flexibility index (Phi) is 4.35. The number of amides is 1. The first-order chi connectivity index (χ1) is 9.88. The van der Waals surface area contributed by atoms with E-state index in [4.69, 9.17) is 23.2 Å². The van der Waals surface area contributed by atoms with Crippen molar-refractivity contribution < 1.29 is 9.72 Å². The Morgan fingerprint density at radius 1 is 1.24 bits per heavy atom. The van der Waals surface area contributed by atoms with Crippen LogP contribution in [0.15, 0.2) is 24.5 Å². The number of anilines is 1. The van der Waals surface area contributed by atoms with Crippen molar-refractivity contribution in [2.45, 2.75) is 6.92 Å². The van der Waals surface area contributed by atoms with Crippen molar-refractivity contribution in [3.63, 3.8) is 0 Å². The number of carbonyl (C=O) groups is 1. The largest absolute Gasteiger partial charge is 0.317 e. The third-order valence-corrected chi connectivity index (χ3v) is 3.10. The third kappa shape index (κ3) is 3.45. The van der Waals surface area contributed by atoms with Crippen LogP contribution in [0.1, 0.15) is 15.9 Å². The number of nitro groups is 1. The first-order valence-electron chi connectivity index (χ1n) is 5.62. The summed E-state index contributed by atoms with van der Waals surface area (Å²) in [5, 5.41) is 13.2. The summed E-state index contributed by atoms with van der Waals surface area (Å²) in [6, 6.07) is 4.03. The minimum absolute atomic E-state index is 0.0227. The van der Waals surface area contributed by atoms with Crippen LogP contribution in [0.3, 0.4) is 0 Å². The lowest BCUT2D eigenvalue weighted by atomic mass is 10.1. The fourth-order valence-corrected chi connectivity index (χ4v) is 2.04. The van der Waals surface area contributed by atoms with Gasteiger partial charge in [0.15, 0.2) is 10.3 Å². The standard InChI is InChI=1S/C12H8Cl2N4O3/c1-6-2-7(4-8(3-6)18(20)21)12(19)17-9-10(13)15-5-16-11(9)14/h2-5H,1H3,(H,17,19). The summed E-state index contributed by atoms with van der Waals surface area (Å²) in [5.74, 6) is -0.597. The van der Waals surface area contributed by atoms with Gasteiger partial charge in [-0.1, -0.05) is 23.2 Å². The number of rotatable bonds is 3. The number of hydrogen-bond acceptors (Lipinski definition) is 5. The molecule has 108 valence electrons. The van der Waals surface area contributed by atoms with Gasteiger partial charge in [0, 0.05) is 17.7 Å². The van der Waals surface area contributed by atoms with E-state index in [2.05, 4.69) is 15.3 Å². The number of nitro benzene ring substituents is 1. The average Bonchev–Trinajstić information content (AvgIpc) is 2.42. The molecular formula is C12H8Cl2N4O3. The molecule has 0 saturated carbocycles. The molecule has 9 heteroatoms. The highest BCUT2D eigenvalue weighted by Gasteiger charge is 2.16. The summed E-state index contributed by atoms with van der Waals surface area (Å²) in [6.07, 6.45) is 1.15.